The molecule has 2 heterocycles. The van der Waals surface area contributed by atoms with Gasteiger partial charge < -0.3 is 0 Å². The van der Waals surface area contributed by atoms with E-state index in [4.69, 9.17) is 0 Å². The topological polar surface area (TPSA) is 7.12 Å². The Kier molecular flexibility index (Phi) is 6.74. The minimum Gasteiger partial charge on any atom is -0.299 e. The van der Waals surface area contributed by atoms with Crippen molar-refractivity contribution >= 4 is 0 Å². The molecule has 4 rings (SSSR count). The van der Waals surface area contributed by atoms with Crippen LogP contribution in [0.4, 0.5) is 0 Å². The molecule has 2 heteroatoms. The van der Waals surface area contributed by atoms with Crippen molar-refractivity contribution in [2.24, 2.45) is 0 Å². The number of hydrogen-bond donors (Lipinski definition) is 0. The van der Waals surface area contributed by atoms with E-state index in [9.17, 15) is 0 Å². The van der Waals surface area contributed by atoms with E-state index in [2.05, 4.69) is 95.6 Å². The van der Waals surface area contributed by atoms with Gasteiger partial charge in [0, 0.05) is 24.1 Å². The fourth-order valence-electron chi connectivity index (χ4n) is 4.50. The first-order chi connectivity index (χ1) is 14.3. The number of pyridine rings is 1. The summed E-state index contributed by atoms with van der Waals surface area (Å²) in [5, 5.41) is 0. The minimum absolute atomic E-state index is 0.612. The lowest BCUT2D eigenvalue weighted by atomic mass is 10.0. The van der Waals surface area contributed by atoms with E-state index in [1.54, 1.807) is 0 Å². The molecule has 1 aromatic heterocycles. The van der Waals surface area contributed by atoms with E-state index in [1.807, 2.05) is 0 Å². The van der Waals surface area contributed by atoms with Gasteiger partial charge in [-0.15, -0.1) is 0 Å². The Morgan fingerprint density at radius 3 is 2.41 bits per heavy atom. The molecule has 0 saturated carbocycles. The maximum absolute atomic E-state index is 2.49. The van der Waals surface area contributed by atoms with Gasteiger partial charge in [0.05, 0.1) is 0 Å². The third-order valence-electron chi connectivity index (χ3n) is 6.23. The van der Waals surface area contributed by atoms with Gasteiger partial charge in [-0.3, -0.25) is 4.90 Å². The van der Waals surface area contributed by atoms with E-state index in [0.29, 0.717) is 6.04 Å². The van der Waals surface area contributed by atoms with Crippen molar-refractivity contribution in [3.05, 3.63) is 90.3 Å². The zero-order chi connectivity index (χ0) is 19.9. The monoisotopic (exact) mass is 385 g/mol. The highest BCUT2D eigenvalue weighted by molar-refractivity contribution is 5.63. The Bertz CT molecular complexity index is 886. The van der Waals surface area contributed by atoms with Crippen molar-refractivity contribution in [1.82, 2.24) is 4.90 Å². The van der Waals surface area contributed by atoms with E-state index in [0.717, 1.165) is 6.54 Å². The summed E-state index contributed by atoms with van der Waals surface area (Å²) < 4.78 is 2.39. The summed E-state index contributed by atoms with van der Waals surface area (Å²) in [6, 6.07) is 24.8. The molecular weight excluding hydrogens is 352 g/mol. The van der Waals surface area contributed by atoms with Gasteiger partial charge >= 0.3 is 0 Å². The first-order valence-corrected chi connectivity index (χ1v) is 11.1. The molecule has 29 heavy (non-hydrogen) atoms. The number of benzene rings is 2. The quantitative estimate of drug-likeness (QED) is 0.350. The maximum Gasteiger partial charge on any atom is 0.173 e. The van der Waals surface area contributed by atoms with Gasteiger partial charge in [0.1, 0.15) is 6.54 Å². The molecule has 1 fully saturated rings. The van der Waals surface area contributed by atoms with E-state index >= 15 is 0 Å². The van der Waals surface area contributed by atoms with Crippen LogP contribution in [0.1, 0.15) is 49.3 Å². The van der Waals surface area contributed by atoms with Crippen molar-refractivity contribution in [3.8, 4) is 11.1 Å². The largest absolute Gasteiger partial charge is 0.299 e. The second-order valence-corrected chi connectivity index (χ2v) is 8.39. The van der Waals surface area contributed by atoms with Crippen LogP contribution < -0.4 is 4.57 Å². The average molecular weight is 386 g/mol. The normalized spacial score (nSPS) is 16.9. The van der Waals surface area contributed by atoms with Crippen LogP contribution in [-0.4, -0.2) is 18.5 Å². The highest BCUT2D eigenvalue weighted by Crippen LogP contribution is 2.29. The molecule has 2 nitrogen and oxygen atoms in total. The summed E-state index contributed by atoms with van der Waals surface area (Å²) in [5.41, 5.74) is 5.52. The molecule has 0 radical (unpaired) electrons. The maximum atomic E-state index is 2.49. The van der Waals surface area contributed by atoms with Crippen LogP contribution in [-0.2, 0) is 13.0 Å². The second-order valence-electron chi connectivity index (χ2n) is 8.39. The number of unbranched alkanes of at least 4 members (excludes halogenated alkanes) is 2. The zero-order valence-electron chi connectivity index (χ0n) is 17.6. The third kappa shape index (κ3) is 5.33. The lowest BCUT2D eigenvalue weighted by Gasteiger charge is -2.18. The van der Waals surface area contributed by atoms with Crippen LogP contribution in [0.5, 0.6) is 0 Å². The predicted molar refractivity (Wildman–Crippen MR) is 121 cm³/mol. The summed E-state index contributed by atoms with van der Waals surface area (Å²) in [6.45, 7) is 2.35. The van der Waals surface area contributed by atoms with Crippen molar-refractivity contribution < 1.29 is 4.57 Å². The summed E-state index contributed by atoms with van der Waals surface area (Å²) in [4.78, 5) is 2.49. The standard InChI is InChI=1S/C27H33N2/c1-28-19-9-14-27(28)26-13-8-21-29(22-26)20-7-3-4-10-23-15-17-25(18-16-23)24-11-5-2-6-12-24/h2,5-6,8,11-13,15-18,21-22,27H,3-4,7,9-10,14,19-20H2,1H3/q+1/t27-/m0/s1. The fraction of sp³-hybridized carbons (Fsp3) is 0.370. The molecular formula is C27H33N2+. The van der Waals surface area contributed by atoms with Gasteiger partial charge in [0.25, 0.3) is 0 Å². The van der Waals surface area contributed by atoms with Crippen LogP contribution in [0.15, 0.2) is 79.1 Å². The average Bonchev–Trinajstić information content (AvgIpc) is 3.21. The van der Waals surface area contributed by atoms with E-state index in [1.165, 1.54) is 67.3 Å². The molecule has 0 amide bonds. The highest BCUT2D eigenvalue weighted by atomic mass is 15.1. The lowest BCUT2D eigenvalue weighted by Crippen LogP contribution is -2.34. The van der Waals surface area contributed by atoms with Gasteiger partial charge in [-0.2, -0.15) is 0 Å². The number of aryl methyl sites for hydroxylation is 2. The number of aromatic nitrogens is 1. The van der Waals surface area contributed by atoms with Gasteiger partial charge in [0.15, 0.2) is 12.4 Å². The molecule has 1 saturated heterocycles. The van der Waals surface area contributed by atoms with Gasteiger partial charge in [-0.25, -0.2) is 4.57 Å². The molecule has 1 aliphatic heterocycles. The third-order valence-corrected chi connectivity index (χ3v) is 6.23. The number of hydrogen-bond acceptors (Lipinski definition) is 1. The first kappa shape index (κ1) is 19.8. The zero-order valence-corrected chi connectivity index (χ0v) is 17.6. The molecule has 0 unspecified atom stereocenters. The Labute approximate surface area is 175 Å². The number of nitrogens with zero attached hydrogens (tertiary/aromatic N) is 2. The first-order valence-electron chi connectivity index (χ1n) is 11.1. The van der Waals surface area contributed by atoms with Crippen LogP contribution in [0.3, 0.4) is 0 Å². The summed E-state index contributed by atoms with van der Waals surface area (Å²) >= 11 is 0. The van der Waals surface area contributed by atoms with Crippen LogP contribution in [0, 0.1) is 0 Å². The van der Waals surface area contributed by atoms with Crippen molar-refractivity contribution in [2.45, 2.75) is 51.1 Å². The van der Waals surface area contributed by atoms with Gasteiger partial charge in [-0.1, -0.05) is 54.6 Å². The highest BCUT2D eigenvalue weighted by Gasteiger charge is 2.24. The Morgan fingerprint density at radius 1 is 0.862 bits per heavy atom. The molecule has 1 atom stereocenters. The number of rotatable bonds is 8. The van der Waals surface area contributed by atoms with E-state index in [-0.39, 0.29) is 0 Å². The molecule has 0 N–H and O–H groups in total. The summed E-state index contributed by atoms with van der Waals surface area (Å²) in [7, 11) is 2.25. The van der Waals surface area contributed by atoms with Gasteiger partial charge in [-0.05, 0) is 68.5 Å². The summed E-state index contributed by atoms with van der Waals surface area (Å²) in [5.74, 6) is 0. The van der Waals surface area contributed by atoms with Crippen LogP contribution >= 0.6 is 0 Å². The smallest absolute Gasteiger partial charge is 0.173 e. The molecule has 0 bridgehead atoms. The summed E-state index contributed by atoms with van der Waals surface area (Å²) in [6.07, 6.45) is 12.2. The van der Waals surface area contributed by atoms with Crippen LogP contribution in [0.2, 0.25) is 0 Å². The second kappa shape index (κ2) is 9.84. The van der Waals surface area contributed by atoms with E-state index < -0.39 is 0 Å². The van der Waals surface area contributed by atoms with Gasteiger partial charge in [0.2, 0.25) is 0 Å². The van der Waals surface area contributed by atoms with Crippen molar-refractivity contribution in [2.75, 3.05) is 13.6 Å². The molecule has 150 valence electrons. The molecule has 1 aliphatic rings. The molecule has 0 aliphatic carbocycles. The lowest BCUT2D eigenvalue weighted by molar-refractivity contribution is -0.697. The minimum atomic E-state index is 0.612. The fourth-order valence-corrected chi connectivity index (χ4v) is 4.50. The van der Waals surface area contributed by atoms with Crippen molar-refractivity contribution in [1.29, 1.82) is 0 Å². The molecule has 0 spiro atoms. The van der Waals surface area contributed by atoms with Crippen molar-refractivity contribution in [3.63, 3.8) is 0 Å². The molecule has 2 aromatic carbocycles. The predicted octanol–water partition coefficient (Wildman–Crippen LogP) is 5.82. The molecule has 3 aromatic rings. The Hall–Kier alpha value is -2.45. The van der Waals surface area contributed by atoms with Crippen LogP contribution in [0.25, 0.3) is 11.1 Å². The SMILES string of the molecule is CN1CCC[C@H]1c1ccc[n+](CCCCCc2ccc(-c3ccccc3)cc2)c1. The number of likely N-dealkylation sites (tertiary alicyclic amines) is 1. The Morgan fingerprint density at radius 2 is 1.66 bits per heavy atom. The Balaban J connectivity index is 1.21.